The number of nitrogens with one attached hydrogen (secondary N) is 1. The van der Waals surface area contributed by atoms with Crippen molar-refractivity contribution in [1.82, 2.24) is 5.32 Å². The highest BCUT2D eigenvalue weighted by molar-refractivity contribution is 6.31. The van der Waals surface area contributed by atoms with Crippen molar-refractivity contribution < 1.29 is 4.39 Å². The minimum atomic E-state index is -0.219. The lowest BCUT2D eigenvalue weighted by Crippen LogP contribution is -2.16. The van der Waals surface area contributed by atoms with Gasteiger partial charge in [-0.1, -0.05) is 31.5 Å². The predicted octanol–water partition coefficient (Wildman–Crippen LogP) is 4.36. The molecule has 0 bridgehead atoms. The van der Waals surface area contributed by atoms with Crippen molar-refractivity contribution in [2.24, 2.45) is 5.92 Å². The molecule has 1 aromatic rings. The summed E-state index contributed by atoms with van der Waals surface area (Å²) < 4.78 is 13.3. The van der Waals surface area contributed by atoms with Gasteiger partial charge in [-0.05, 0) is 62.4 Å². The van der Waals surface area contributed by atoms with Crippen LogP contribution in [-0.2, 0) is 6.42 Å². The fourth-order valence-corrected chi connectivity index (χ4v) is 2.22. The average molecular weight is 272 g/mol. The molecule has 18 heavy (non-hydrogen) atoms. The van der Waals surface area contributed by atoms with E-state index < -0.39 is 0 Å². The summed E-state index contributed by atoms with van der Waals surface area (Å²) >= 11 is 6.06. The first-order valence-electron chi connectivity index (χ1n) is 6.69. The van der Waals surface area contributed by atoms with Gasteiger partial charge < -0.3 is 5.32 Å². The molecule has 0 amide bonds. The Labute approximate surface area is 115 Å². The standard InChI is InChI=1S/C15H23ClFN/c1-4-18-8-7-11(2)5-6-13-9-12(3)15(17)10-14(13)16/h9-11,18H,4-8H2,1-3H3. The number of aryl methyl sites for hydroxylation is 2. The molecule has 0 saturated heterocycles. The molecule has 1 unspecified atom stereocenters. The molecule has 0 aromatic heterocycles. The van der Waals surface area contributed by atoms with Gasteiger partial charge in [0.25, 0.3) is 0 Å². The quantitative estimate of drug-likeness (QED) is 0.727. The number of rotatable bonds is 7. The van der Waals surface area contributed by atoms with E-state index in [4.69, 9.17) is 11.6 Å². The zero-order chi connectivity index (χ0) is 13.5. The molecule has 102 valence electrons. The second-order valence-corrected chi connectivity index (χ2v) is 5.39. The van der Waals surface area contributed by atoms with E-state index in [0.29, 0.717) is 16.5 Å². The lowest BCUT2D eigenvalue weighted by Gasteiger charge is -2.13. The monoisotopic (exact) mass is 271 g/mol. The molecule has 0 aliphatic rings. The number of benzene rings is 1. The number of hydrogen-bond donors (Lipinski definition) is 1. The molecule has 1 nitrogen and oxygen atoms in total. The maximum Gasteiger partial charge on any atom is 0.127 e. The minimum absolute atomic E-state index is 0.219. The van der Waals surface area contributed by atoms with E-state index in [1.165, 1.54) is 12.5 Å². The van der Waals surface area contributed by atoms with Crippen molar-refractivity contribution in [2.75, 3.05) is 13.1 Å². The zero-order valence-electron chi connectivity index (χ0n) is 11.5. The molecular weight excluding hydrogens is 249 g/mol. The Bertz CT molecular complexity index is 379. The lowest BCUT2D eigenvalue weighted by atomic mass is 9.97. The van der Waals surface area contributed by atoms with Crippen molar-refractivity contribution in [2.45, 2.75) is 40.0 Å². The molecule has 0 aliphatic heterocycles. The lowest BCUT2D eigenvalue weighted by molar-refractivity contribution is 0.474. The highest BCUT2D eigenvalue weighted by Gasteiger charge is 2.08. The van der Waals surface area contributed by atoms with E-state index in [1.54, 1.807) is 6.92 Å². The highest BCUT2D eigenvalue weighted by atomic mass is 35.5. The van der Waals surface area contributed by atoms with Crippen molar-refractivity contribution in [3.8, 4) is 0 Å². The summed E-state index contributed by atoms with van der Waals surface area (Å²) in [6, 6.07) is 3.30. The van der Waals surface area contributed by atoms with Crippen LogP contribution in [0.1, 0.15) is 37.8 Å². The molecule has 0 aliphatic carbocycles. The van der Waals surface area contributed by atoms with Crippen LogP contribution < -0.4 is 5.32 Å². The van der Waals surface area contributed by atoms with Gasteiger partial charge in [0, 0.05) is 5.02 Å². The molecular formula is C15H23ClFN. The Balaban J connectivity index is 2.45. The summed E-state index contributed by atoms with van der Waals surface area (Å²) in [4.78, 5) is 0. The first-order valence-corrected chi connectivity index (χ1v) is 7.07. The third kappa shape index (κ3) is 4.95. The van der Waals surface area contributed by atoms with Crippen molar-refractivity contribution in [3.63, 3.8) is 0 Å². The van der Waals surface area contributed by atoms with Gasteiger partial charge in [-0.15, -0.1) is 0 Å². The van der Waals surface area contributed by atoms with Gasteiger partial charge in [0.2, 0.25) is 0 Å². The summed E-state index contributed by atoms with van der Waals surface area (Å²) in [6.07, 6.45) is 3.19. The van der Waals surface area contributed by atoms with Crippen LogP contribution in [0.25, 0.3) is 0 Å². The topological polar surface area (TPSA) is 12.0 Å². The molecule has 1 aromatic carbocycles. The van der Waals surface area contributed by atoms with Gasteiger partial charge >= 0.3 is 0 Å². The molecule has 1 rings (SSSR count). The third-order valence-corrected chi connectivity index (χ3v) is 3.65. The summed E-state index contributed by atoms with van der Waals surface area (Å²) in [5, 5.41) is 3.88. The fourth-order valence-electron chi connectivity index (χ4n) is 1.98. The summed E-state index contributed by atoms with van der Waals surface area (Å²) in [6.45, 7) is 8.24. The smallest absolute Gasteiger partial charge is 0.127 e. The van der Waals surface area contributed by atoms with Crippen molar-refractivity contribution in [1.29, 1.82) is 0 Å². The van der Waals surface area contributed by atoms with Gasteiger partial charge in [0.15, 0.2) is 0 Å². The van der Waals surface area contributed by atoms with E-state index in [-0.39, 0.29) is 5.82 Å². The molecule has 0 fully saturated rings. The maximum absolute atomic E-state index is 13.3. The average Bonchev–Trinajstić information content (AvgIpc) is 2.32. The van der Waals surface area contributed by atoms with Gasteiger partial charge in [-0.2, -0.15) is 0 Å². The van der Waals surface area contributed by atoms with Gasteiger partial charge in [-0.25, -0.2) is 4.39 Å². The van der Waals surface area contributed by atoms with E-state index in [1.807, 2.05) is 6.07 Å². The normalized spacial score (nSPS) is 12.7. The van der Waals surface area contributed by atoms with Crippen LogP contribution in [0.5, 0.6) is 0 Å². The summed E-state index contributed by atoms with van der Waals surface area (Å²) in [5.74, 6) is 0.439. The first-order chi connectivity index (χ1) is 8.54. The van der Waals surface area contributed by atoms with Crippen LogP contribution in [0.2, 0.25) is 5.02 Å². The van der Waals surface area contributed by atoms with Crippen LogP contribution in [0.15, 0.2) is 12.1 Å². The van der Waals surface area contributed by atoms with Crippen LogP contribution in [0.4, 0.5) is 4.39 Å². The Kier molecular flexibility index (Phi) is 6.66. The van der Waals surface area contributed by atoms with Crippen molar-refractivity contribution >= 4 is 11.6 Å². The summed E-state index contributed by atoms with van der Waals surface area (Å²) in [7, 11) is 0. The van der Waals surface area contributed by atoms with Crippen LogP contribution in [0.3, 0.4) is 0 Å². The molecule has 0 radical (unpaired) electrons. The van der Waals surface area contributed by atoms with Crippen LogP contribution >= 0.6 is 11.6 Å². The largest absolute Gasteiger partial charge is 0.317 e. The van der Waals surface area contributed by atoms with E-state index in [2.05, 4.69) is 19.2 Å². The minimum Gasteiger partial charge on any atom is -0.317 e. The molecule has 0 spiro atoms. The second-order valence-electron chi connectivity index (χ2n) is 4.98. The maximum atomic E-state index is 13.3. The first kappa shape index (κ1) is 15.5. The second kappa shape index (κ2) is 7.75. The Morgan fingerprint density at radius 3 is 2.72 bits per heavy atom. The van der Waals surface area contributed by atoms with E-state index >= 15 is 0 Å². The van der Waals surface area contributed by atoms with Crippen LogP contribution in [-0.4, -0.2) is 13.1 Å². The molecule has 0 heterocycles. The molecule has 1 atom stereocenters. The SMILES string of the molecule is CCNCCC(C)CCc1cc(C)c(F)cc1Cl. The molecule has 3 heteroatoms. The molecule has 0 saturated carbocycles. The van der Waals surface area contributed by atoms with Gasteiger partial charge in [0.1, 0.15) is 5.82 Å². The Morgan fingerprint density at radius 1 is 1.33 bits per heavy atom. The van der Waals surface area contributed by atoms with Gasteiger partial charge in [-0.3, -0.25) is 0 Å². The zero-order valence-corrected chi connectivity index (χ0v) is 12.3. The summed E-state index contributed by atoms with van der Waals surface area (Å²) in [5.41, 5.74) is 1.74. The van der Waals surface area contributed by atoms with Gasteiger partial charge in [0.05, 0.1) is 0 Å². The van der Waals surface area contributed by atoms with E-state index in [0.717, 1.165) is 31.5 Å². The molecule has 1 N–H and O–H groups in total. The Hall–Kier alpha value is -0.600. The van der Waals surface area contributed by atoms with Crippen molar-refractivity contribution in [3.05, 3.63) is 34.1 Å². The number of hydrogen-bond acceptors (Lipinski definition) is 1. The Morgan fingerprint density at radius 2 is 2.06 bits per heavy atom. The fraction of sp³-hybridized carbons (Fsp3) is 0.600. The predicted molar refractivity (Wildman–Crippen MR) is 76.8 cm³/mol. The van der Waals surface area contributed by atoms with E-state index in [9.17, 15) is 4.39 Å². The number of halogens is 2. The van der Waals surface area contributed by atoms with Crippen LogP contribution in [0, 0.1) is 18.7 Å². The third-order valence-electron chi connectivity index (χ3n) is 3.30. The highest BCUT2D eigenvalue weighted by Crippen LogP contribution is 2.23.